The molecule has 9 nitrogen and oxygen atoms in total. The van der Waals surface area contributed by atoms with Gasteiger partial charge in [0.05, 0.1) is 18.7 Å². The van der Waals surface area contributed by atoms with Crippen LogP contribution in [0.2, 0.25) is 0 Å². The van der Waals surface area contributed by atoms with Crippen molar-refractivity contribution in [1.29, 1.82) is 5.26 Å². The molecule has 0 spiro atoms. The van der Waals surface area contributed by atoms with Gasteiger partial charge in [-0.15, -0.1) is 0 Å². The lowest BCUT2D eigenvalue weighted by molar-refractivity contribution is -0.121. The Morgan fingerprint density at radius 1 is 1.17 bits per heavy atom. The van der Waals surface area contributed by atoms with Gasteiger partial charge in [0.15, 0.2) is 6.61 Å². The zero-order valence-electron chi connectivity index (χ0n) is 15.8. The summed E-state index contributed by atoms with van der Waals surface area (Å²) in [5.41, 5.74) is 0.418. The van der Waals surface area contributed by atoms with Gasteiger partial charge in [0.1, 0.15) is 17.2 Å². The maximum Gasteiger partial charge on any atom is 0.338 e. The third kappa shape index (κ3) is 5.31. The minimum atomic E-state index is -3.88. The van der Waals surface area contributed by atoms with Crippen molar-refractivity contribution >= 4 is 27.6 Å². The van der Waals surface area contributed by atoms with Gasteiger partial charge >= 0.3 is 5.97 Å². The van der Waals surface area contributed by atoms with E-state index in [1.807, 2.05) is 6.07 Å². The summed E-state index contributed by atoms with van der Waals surface area (Å²) in [6.45, 7) is -0.830. The van der Waals surface area contributed by atoms with Crippen LogP contribution in [-0.2, 0) is 19.6 Å². The van der Waals surface area contributed by atoms with E-state index in [1.165, 1.54) is 31.2 Å². The average Bonchev–Trinajstić information content (AvgIpc) is 2.75. The van der Waals surface area contributed by atoms with E-state index in [2.05, 4.69) is 4.72 Å². The van der Waals surface area contributed by atoms with Crippen molar-refractivity contribution in [2.24, 2.45) is 0 Å². The molecule has 2 aromatic rings. The maximum atomic E-state index is 12.4. The Morgan fingerprint density at radius 3 is 2.45 bits per heavy atom. The van der Waals surface area contributed by atoms with E-state index in [1.54, 1.807) is 30.3 Å². The molecule has 152 valence electrons. The van der Waals surface area contributed by atoms with Crippen LogP contribution >= 0.6 is 0 Å². The topological polar surface area (TPSA) is 126 Å². The molecule has 1 N–H and O–H groups in total. The van der Waals surface area contributed by atoms with Crippen LogP contribution in [0.4, 0.5) is 5.69 Å². The SMILES string of the molecule is CNS(=O)(=O)c1cc(C(=O)OCC(=O)N(CC#N)c2ccccc2)ccc1OC. The van der Waals surface area contributed by atoms with Crippen LogP contribution in [0.3, 0.4) is 0 Å². The fourth-order valence-corrected chi connectivity index (χ4v) is 3.33. The lowest BCUT2D eigenvalue weighted by Gasteiger charge is -2.19. The monoisotopic (exact) mass is 417 g/mol. The largest absolute Gasteiger partial charge is 0.495 e. The first-order chi connectivity index (χ1) is 13.8. The maximum absolute atomic E-state index is 12.4. The number of nitriles is 1. The number of para-hydroxylation sites is 1. The summed E-state index contributed by atoms with van der Waals surface area (Å²) >= 11 is 0. The predicted octanol–water partition coefficient (Wildman–Crippen LogP) is 1.32. The van der Waals surface area contributed by atoms with E-state index >= 15 is 0 Å². The number of amides is 1. The number of anilines is 1. The van der Waals surface area contributed by atoms with Gasteiger partial charge in [-0.2, -0.15) is 5.26 Å². The molecule has 2 rings (SSSR count). The molecule has 0 aliphatic heterocycles. The number of carbonyl (C=O) groups excluding carboxylic acids is 2. The van der Waals surface area contributed by atoms with Crippen LogP contribution in [-0.4, -0.2) is 47.6 Å². The Labute approximate surface area is 168 Å². The summed E-state index contributed by atoms with van der Waals surface area (Å²) in [5, 5.41) is 8.96. The highest BCUT2D eigenvalue weighted by Gasteiger charge is 2.22. The second-order valence-electron chi connectivity index (χ2n) is 5.62. The molecule has 0 atom stereocenters. The molecule has 0 saturated heterocycles. The number of hydrogen-bond acceptors (Lipinski definition) is 7. The number of ether oxygens (including phenoxy) is 2. The molecule has 0 aliphatic carbocycles. The van der Waals surface area contributed by atoms with Crippen molar-refractivity contribution in [2.75, 3.05) is 32.2 Å². The normalized spacial score (nSPS) is 10.7. The summed E-state index contributed by atoms with van der Waals surface area (Å²) in [5.74, 6) is -1.43. The van der Waals surface area contributed by atoms with E-state index in [9.17, 15) is 18.0 Å². The van der Waals surface area contributed by atoms with Gasteiger partial charge in [-0.1, -0.05) is 18.2 Å². The molecule has 0 aromatic heterocycles. The third-order valence-electron chi connectivity index (χ3n) is 3.88. The van der Waals surface area contributed by atoms with Gasteiger partial charge in [-0.3, -0.25) is 9.69 Å². The molecule has 0 saturated carbocycles. The quantitative estimate of drug-likeness (QED) is 0.507. The minimum absolute atomic E-state index is 0.0521. The fourth-order valence-electron chi connectivity index (χ4n) is 2.41. The minimum Gasteiger partial charge on any atom is -0.495 e. The van der Waals surface area contributed by atoms with Gasteiger partial charge in [0.2, 0.25) is 10.0 Å². The van der Waals surface area contributed by atoms with Crippen LogP contribution in [0.25, 0.3) is 0 Å². The van der Waals surface area contributed by atoms with Crippen molar-refractivity contribution in [1.82, 2.24) is 4.72 Å². The zero-order chi connectivity index (χ0) is 21.4. The van der Waals surface area contributed by atoms with Crippen molar-refractivity contribution in [3.63, 3.8) is 0 Å². The molecule has 0 heterocycles. The van der Waals surface area contributed by atoms with E-state index in [0.29, 0.717) is 5.69 Å². The standard InChI is InChI=1S/C19H19N3O6S/c1-21-29(25,26)17-12-14(8-9-16(17)27-2)19(24)28-13-18(23)22(11-10-20)15-6-4-3-5-7-15/h3-9,12,21H,11,13H2,1-2H3. The van der Waals surface area contributed by atoms with Crippen molar-refractivity contribution < 1.29 is 27.5 Å². The van der Waals surface area contributed by atoms with E-state index in [0.717, 1.165) is 6.07 Å². The van der Waals surface area contributed by atoms with Crippen LogP contribution in [0, 0.1) is 11.3 Å². The number of esters is 1. The van der Waals surface area contributed by atoms with Crippen LogP contribution in [0.15, 0.2) is 53.4 Å². The third-order valence-corrected chi connectivity index (χ3v) is 5.32. The van der Waals surface area contributed by atoms with Crippen LogP contribution in [0.5, 0.6) is 5.75 Å². The average molecular weight is 417 g/mol. The Kier molecular flexibility index (Phi) is 7.30. The number of carbonyl (C=O) groups is 2. The lowest BCUT2D eigenvalue weighted by Crippen LogP contribution is -2.35. The number of hydrogen-bond donors (Lipinski definition) is 1. The zero-order valence-corrected chi connectivity index (χ0v) is 16.6. The Morgan fingerprint density at radius 2 is 1.86 bits per heavy atom. The van der Waals surface area contributed by atoms with Crippen LogP contribution in [0.1, 0.15) is 10.4 Å². The molecule has 0 fully saturated rings. The van der Waals surface area contributed by atoms with Crippen molar-refractivity contribution in [3.8, 4) is 11.8 Å². The predicted molar refractivity (Wildman–Crippen MR) is 104 cm³/mol. The Hall–Kier alpha value is -3.42. The van der Waals surface area contributed by atoms with Gasteiger partial charge in [-0.05, 0) is 37.4 Å². The van der Waals surface area contributed by atoms with Gasteiger partial charge in [0, 0.05) is 5.69 Å². The van der Waals surface area contributed by atoms with Gasteiger partial charge in [-0.25, -0.2) is 17.9 Å². The number of methoxy groups -OCH3 is 1. The van der Waals surface area contributed by atoms with Crippen molar-refractivity contribution in [2.45, 2.75) is 4.90 Å². The highest BCUT2D eigenvalue weighted by molar-refractivity contribution is 7.89. The van der Waals surface area contributed by atoms with Gasteiger partial charge < -0.3 is 9.47 Å². The van der Waals surface area contributed by atoms with E-state index in [-0.39, 0.29) is 22.8 Å². The molecule has 0 aliphatic rings. The summed E-state index contributed by atoms with van der Waals surface area (Å²) < 4.78 is 36.4. The first-order valence-corrected chi connectivity index (χ1v) is 9.83. The second kappa shape index (κ2) is 9.68. The summed E-state index contributed by atoms with van der Waals surface area (Å²) in [7, 11) is -1.35. The summed E-state index contributed by atoms with van der Waals surface area (Å²) in [4.78, 5) is 25.7. The Bertz CT molecular complexity index is 1030. The number of rotatable bonds is 8. The summed E-state index contributed by atoms with van der Waals surface area (Å²) in [6.07, 6.45) is 0. The smallest absolute Gasteiger partial charge is 0.338 e. The molecular weight excluding hydrogens is 398 g/mol. The molecule has 2 aromatic carbocycles. The second-order valence-corrected chi connectivity index (χ2v) is 7.48. The highest BCUT2D eigenvalue weighted by Crippen LogP contribution is 2.25. The number of sulfonamides is 1. The summed E-state index contributed by atoms with van der Waals surface area (Å²) in [6, 6.07) is 14.1. The van der Waals surface area contributed by atoms with E-state index in [4.69, 9.17) is 14.7 Å². The molecule has 0 bridgehead atoms. The number of nitrogens with one attached hydrogen (secondary N) is 1. The highest BCUT2D eigenvalue weighted by atomic mass is 32.2. The number of nitrogens with zero attached hydrogens (tertiary/aromatic N) is 2. The fraction of sp³-hybridized carbons (Fsp3) is 0.211. The first kappa shape index (κ1) is 21.9. The van der Waals surface area contributed by atoms with Crippen molar-refractivity contribution in [3.05, 3.63) is 54.1 Å². The van der Waals surface area contributed by atoms with E-state index < -0.39 is 28.5 Å². The first-order valence-electron chi connectivity index (χ1n) is 8.35. The molecule has 0 radical (unpaired) electrons. The molecular formula is C19H19N3O6S. The molecule has 1 amide bonds. The molecule has 0 unspecified atom stereocenters. The molecule has 29 heavy (non-hydrogen) atoms. The molecule has 10 heteroatoms. The van der Waals surface area contributed by atoms with Crippen LogP contribution < -0.4 is 14.4 Å². The Balaban J connectivity index is 2.17. The van der Waals surface area contributed by atoms with Gasteiger partial charge in [0.25, 0.3) is 5.91 Å². The lowest BCUT2D eigenvalue weighted by atomic mass is 10.2. The number of benzene rings is 2.